The molecule has 8 heteroatoms. The Kier molecular flexibility index (Phi) is 4.40. The highest BCUT2D eigenvalue weighted by atomic mass is 19.1. The first-order valence-corrected chi connectivity index (χ1v) is 8.62. The fraction of sp³-hybridized carbons (Fsp3) is 0.389. The van der Waals surface area contributed by atoms with E-state index < -0.39 is 11.6 Å². The quantitative estimate of drug-likeness (QED) is 0.731. The van der Waals surface area contributed by atoms with E-state index in [1.165, 1.54) is 30.9 Å². The first kappa shape index (κ1) is 16.7. The van der Waals surface area contributed by atoms with E-state index in [1.807, 2.05) is 0 Å². The normalized spacial score (nSPS) is 14.4. The first-order chi connectivity index (χ1) is 12.7. The van der Waals surface area contributed by atoms with Gasteiger partial charge in [0.15, 0.2) is 17.0 Å². The van der Waals surface area contributed by atoms with Crippen molar-refractivity contribution >= 4 is 17.0 Å². The molecular formula is C18H19F2N5O. The third-order valence-corrected chi connectivity index (χ3v) is 4.74. The molecule has 1 saturated carbocycles. The van der Waals surface area contributed by atoms with Crippen LogP contribution in [0.15, 0.2) is 24.5 Å². The van der Waals surface area contributed by atoms with Crippen LogP contribution in [0.2, 0.25) is 0 Å². The number of nitrogens with zero attached hydrogens (tertiary/aromatic N) is 4. The zero-order valence-electron chi connectivity index (χ0n) is 14.4. The van der Waals surface area contributed by atoms with Crippen LogP contribution in [0.1, 0.15) is 24.8 Å². The Balaban J connectivity index is 1.68. The highest BCUT2D eigenvalue weighted by Gasteiger charge is 2.20. The van der Waals surface area contributed by atoms with Crippen LogP contribution in [0.5, 0.6) is 6.01 Å². The van der Waals surface area contributed by atoms with E-state index in [0.29, 0.717) is 29.5 Å². The summed E-state index contributed by atoms with van der Waals surface area (Å²) in [6, 6.07) is 4.05. The SMILES string of the molecule is CNc1nc(OCC2CCC2)nc2c1ncn2Cc1c(F)cccc1F. The predicted molar refractivity (Wildman–Crippen MR) is 93.2 cm³/mol. The summed E-state index contributed by atoms with van der Waals surface area (Å²) in [5.74, 6) is -0.136. The van der Waals surface area contributed by atoms with Crippen molar-refractivity contribution in [2.75, 3.05) is 19.0 Å². The molecule has 0 bridgehead atoms. The molecule has 0 unspecified atom stereocenters. The van der Waals surface area contributed by atoms with E-state index in [2.05, 4.69) is 20.3 Å². The zero-order valence-corrected chi connectivity index (χ0v) is 14.4. The van der Waals surface area contributed by atoms with Gasteiger partial charge >= 0.3 is 6.01 Å². The number of imidazole rings is 1. The van der Waals surface area contributed by atoms with Crippen LogP contribution in [-0.4, -0.2) is 33.2 Å². The molecule has 2 aromatic heterocycles. The van der Waals surface area contributed by atoms with Crippen molar-refractivity contribution in [1.82, 2.24) is 19.5 Å². The minimum atomic E-state index is -0.601. The van der Waals surface area contributed by atoms with Crippen LogP contribution in [0.3, 0.4) is 0 Å². The van der Waals surface area contributed by atoms with Crippen LogP contribution >= 0.6 is 0 Å². The largest absolute Gasteiger partial charge is 0.463 e. The maximum atomic E-state index is 14.0. The Morgan fingerprint density at radius 3 is 2.65 bits per heavy atom. The Labute approximate surface area is 149 Å². The number of nitrogens with one attached hydrogen (secondary N) is 1. The first-order valence-electron chi connectivity index (χ1n) is 8.62. The number of hydrogen-bond acceptors (Lipinski definition) is 5. The van der Waals surface area contributed by atoms with Crippen molar-refractivity contribution in [1.29, 1.82) is 0 Å². The second-order valence-corrected chi connectivity index (χ2v) is 6.46. The fourth-order valence-electron chi connectivity index (χ4n) is 2.98. The Hall–Kier alpha value is -2.77. The lowest BCUT2D eigenvalue weighted by molar-refractivity contribution is 0.170. The second kappa shape index (κ2) is 6.86. The molecule has 1 N–H and O–H groups in total. The van der Waals surface area contributed by atoms with Crippen molar-refractivity contribution < 1.29 is 13.5 Å². The summed E-state index contributed by atoms with van der Waals surface area (Å²) in [6.45, 7) is 0.558. The maximum absolute atomic E-state index is 14.0. The topological polar surface area (TPSA) is 64.9 Å². The maximum Gasteiger partial charge on any atom is 0.320 e. The summed E-state index contributed by atoms with van der Waals surface area (Å²) < 4.78 is 35.3. The van der Waals surface area contributed by atoms with Gasteiger partial charge in [0.25, 0.3) is 0 Å². The average Bonchev–Trinajstić information content (AvgIpc) is 2.99. The summed E-state index contributed by atoms with van der Waals surface area (Å²) in [6.07, 6.45) is 5.05. The number of anilines is 1. The number of rotatable bonds is 6. The molecule has 0 saturated heterocycles. The van der Waals surface area contributed by atoms with Gasteiger partial charge in [-0.2, -0.15) is 9.97 Å². The van der Waals surface area contributed by atoms with Crippen molar-refractivity contribution in [2.24, 2.45) is 5.92 Å². The molecule has 0 spiro atoms. The predicted octanol–water partition coefficient (Wildman–Crippen LogP) is 3.37. The molecule has 0 amide bonds. The van der Waals surface area contributed by atoms with E-state index in [4.69, 9.17) is 4.74 Å². The number of benzene rings is 1. The summed E-state index contributed by atoms with van der Waals surface area (Å²) in [5.41, 5.74) is 0.962. The van der Waals surface area contributed by atoms with Crippen LogP contribution in [0.4, 0.5) is 14.6 Å². The Bertz CT molecular complexity index is 918. The molecule has 0 aliphatic heterocycles. The van der Waals surface area contributed by atoms with Gasteiger partial charge in [0, 0.05) is 12.6 Å². The molecule has 1 aliphatic carbocycles. The number of ether oxygens (including phenoxy) is 1. The lowest BCUT2D eigenvalue weighted by Gasteiger charge is -2.24. The monoisotopic (exact) mass is 359 g/mol. The molecule has 26 heavy (non-hydrogen) atoms. The van der Waals surface area contributed by atoms with Crippen LogP contribution < -0.4 is 10.1 Å². The highest BCUT2D eigenvalue weighted by Crippen LogP contribution is 2.28. The molecule has 1 aromatic carbocycles. The summed E-state index contributed by atoms with van der Waals surface area (Å²) >= 11 is 0. The molecule has 3 aromatic rings. The van der Waals surface area contributed by atoms with Gasteiger partial charge in [0.05, 0.1) is 19.5 Å². The number of hydrogen-bond donors (Lipinski definition) is 1. The number of aromatic nitrogens is 4. The van der Waals surface area contributed by atoms with Gasteiger partial charge in [0.1, 0.15) is 11.6 Å². The Morgan fingerprint density at radius 2 is 2.00 bits per heavy atom. The van der Waals surface area contributed by atoms with Gasteiger partial charge in [0.2, 0.25) is 0 Å². The highest BCUT2D eigenvalue weighted by molar-refractivity contribution is 5.83. The number of fused-ring (bicyclic) bond motifs is 1. The number of halogens is 2. The smallest absolute Gasteiger partial charge is 0.320 e. The summed E-state index contributed by atoms with van der Waals surface area (Å²) in [7, 11) is 1.73. The molecule has 1 aliphatic rings. The van der Waals surface area contributed by atoms with Gasteiger partial charge in [-0.3, -0.25) is 0 Å². The fourth-order valence-corrected chi connectivity index (χ4v) is 2.98. The molecule has 4 rings (SSSR count). The second-order valence-electron chi connectivity index (χ2n) is 6.46. The molecule has 0 radical (unpaired) electrons. The van der Waals surface area contributed by atoms with E-state index >= 15 is 0 Å². The van der Waals surface area contributed by atoms with E-state index in [0.717, 1.165) is 12.8 Å². The van der Waals surface area contributed by atoms with Crippen molar-refractivity contribution in [3.63, 3.8) is 0 Å². The van der Waals surface area contributed by atoms with Gasteiger partial charge < -0.3 is 14.6 Å². The lowest BCUT2D eigenvalue weighted by Crippen LogP contribution is -2.20. The van der Waals surface area contributed by atoms with Crippen LogP contribution in [0.25, 0.3) is 11.2 Å². The summed E-state index contributed by atoms with van der Waals surface area (Å²) in [5, 5.41) is 2.97. The van der Waals surface area contributed by atoms with Crippen LogP contribution in [0, 0.1) is 17.6 Å². The van der Waals surface area contributed by atoms with Gasteiger partial charge in [-0.1, -0.05) is 12.5 Å². The molecule has 0 atom stereocenters. The molecule has 2 heterocycles. The summed E-state index contributed by atoms with van der Waals surface area (Å²) in [4.78, 5) is 13.0. The van der Waals surface area contributed by atoms with Crippen molar-refractivity contribution in [3.05, 3.63) is 41.7 Å². The van der Waals surface area contributed by atoms with Gasteiger partial charge in [-0.25, -0.2) is 13.8 Å². The van der Waals surface area contributed by atoms with Crippen molar-refractivity contribution in [3.8, 4) is 6.01 Å². The molecule has 6 nitrogen and oxygen atoms in total. The zero-order chi connectivity index (χ0) is 18.1. The van der Waals surface area contributed by atoms with Gasteiger partial charge in [-0.15, -0.1) is 0 Å². The molecule has 1 fully saturated rings. The van der Waals surface area contributed by atoms with Crippen molar-refractivity contribution in [2.45, 2.75) is 25.8 Å². The molecule has 136 valence electrons. The average molecular weight is 359 g/mol. The third kappa shape index (κ3) is 3.07. The molecular weight excluding hydrogens is 340 g/mol. The Morgan fingerprint density at radius 1 is 1.23 bits per heavy atom. The van der Waals surface area contributed by atoms with Gasteiger partial charge in [-0.05, 0) is 30.9 Å². The lowest BCUT2D eigenvalue weighted by atomic mass is 9.86. The van der Waals surface area contributed by atoms with E-state index in [1.54, 1.807) is 11.6 Å². The standard InChI is InChI=1S/C18H19F2N5O/c1-21-16-15-17(24-18(23-16)26-9-11-4-2-5-11)25(10-22-15)8-12-13(19)6-3-7-14(12)20/h3,6-7,10-11H,2,4-5,8-9H2,1H3,(H,21,23,24). The van der Waals surface area contributed by atoms with E-state index in [9.17, 15) is 8.78 Å². The minimum Gasteiger partial charge on any atom is -0.463 e. The minimum absolute atomic E-state index is 0.0166. The van der Waals surface area contributed by atoms with E-state index in [-0.39, 0.29) is 18.1 Å². The third-order valence-electron chi connectivity index (χ3n) is 4.74. The van der Waals surface area contributed by atoms with Crippen LogP contribution in [-0.2, 0) is 6.54 Å².